The van der Waals surface area contributed by atoms with Gasteiger partial charge in [0.2, 0.25) is 0 Å². The van der Waals surface area contributed by atoms with Crippen LogP contribution in [0.4, 0.5) is 0 Å². The predicted octanol–water partition coefficient (Wildman–Crippen LogP) is 4.31. The second-order valence-electron chi connectivity index (χ2n) is 4.47. The zero-order valence-electron chi connectivity index (χ0n) is 11.2. The van der Waals surface area contributed by atoms with Crippen molar-refractivity contribution in [3.8, 4) is 0 Å². The molecule has 0 saturated carbocycles. The van der Waals surface area contributed by atoms with Crippen LogP contribution in [0.1, 0.15) is 16.7 Å². The molecule has 0 bridgehead atoms. The molecule has 0 unspecified atom stereocenters. The zero-order chi connectivity index (χ0) is 14.7. The first-order valence-corrected chi connectivity index (χ1v) is 7.65. The summed E-state index contributed by atoms with van der Waals surface area (Å²) < 4.78 is 0.808. The number of hydrogen-bond acceptors (Lipinski definition) is 3. The Morgan fingerprint density at radius 3 is 2.65 bits per heavy atom. The van der Waals surface area contributed by atoms with Crippen LogP contribution in [0.5, 0.6) is 0 Å². The molecular formula is C15H15BrN2OS. The normalized spacial score (nSPS) is 11.7. The van der Waals surface area contributed by atoms with Crippen LogP contribution in [-0.4, -0.2) is 11.0 Å². The monoisotopic (exact) mass is 350 g/mol. The van der Waals surface area contributed by atoms with Crippen LogP contribution in [-0.2, 0) is 0 Å². The van der Waals surface area contributed by atoms with Crippen molar-refractivity contribution >= 4 is 33.5 Å². The minimum absolute atomic E-state index is 0.102. The highest BCUT2D eigenvalue weighted by Gasteiger charge is 2.13. The van der Waals surface area contributed by atoms with E-state index in [2.05, 4.69) is 53.1 Å². The molecule has 2 aromatic carbocycles. The molecule has 0 aliphatic rings. The highest BCUT2D eigenvalue weighted by molar-refractivity contribution is 9.10. The van der Waals surface area contributed by atoms with E-state index in [1.807, 2.05) is 18.2 Å². The molecule has 0 fully saturated rings. The summed E-state index contributed by atoms with van der Waals surface area (Å²) in [4.78, 5) is 2.11. The molecule has 20 heavy (non-hydrogen) atoms. The van der Waals surface area contributed by atoms with Crippen LogP contribution in [0.2, 0.25) is 0 Å². The fraction of sp³-hybridized carbons (Fsp3) is 0.133. The second kappa shape index (κ2) is 6.33. The van der Waals surface area contributed by atoms with Crippen molar-refractivity contribution in [2.75, 3.05) is 0 Å². The van der Waals surface area contributed by atoms with E-state index in [9.17, 15) is 0 Å². The molecule has 0 atom stereocenters. The summed E-state index contributed by atoms with van der Waals surface area (Å²) in [6.07, 6.45) is 0. The van der Waals surface area contributed by atoms with Gasteiger partial charge < -0.3 is 10.9 Å². The first-order chi connectivity index (χ1) is 9.52. The van der Waals surface area contributed by atoms with Crippen LogP contribution in [0, 0.1) is 13.8 Å². The van der Waals surface area contributed by atoms with Crippen molar-refractivity contribution < 1.29 is 5.21 Å². The van der Waals surface area contributed by atoms with Gasteiger partial charge in [-0.1, -0.05) is 35.1 Å². The van der Waals surface area contributed by atoms with Crippen LogP contribution >= 0.6 is 27.7 Å². The Bertz CT molecular complexity index is 671. The number of hydrogen-bond donors (Lipinski definition) is 2. The molecule has 2 aromatic rings. The van der Waals surface area contributed by atoms with E-state index in [1.54, 1.807) is 11.8 Å². The molecule has 0 aliphatic heterocycles. The molecule has 0 aromatic heterocycles. The molecule has 0 heterocycles. The van der Waals surface area contributed by atoms with Crippen molar-refractivity contribution in [3.63, 3.8) is 0 Å². The lowest BCUT2D eigenvalue weighted by molar-refractivity contribution is 0.318. The summed E-state index contributed by atoms with van der Waals surface area (Å²) in [7, 11) is 0. The molecular weight excluding hydrogens is 336 g/mol. The average Bonchev–Trinajstić information content (AvgIpc) is 2.42. The quantitative estimate of drug-likeness (QED) is 0.375. The summed E-state index contributed by atoms with van der Waals surface area (Å²) in [5.74, 6) is 0.102. The largest absolute Gasteiger partial charge is 0.409 e. The van der Waals surface area contributed by atoms with E-state index in [0.717, 1.165) is 14.3 Å². The summed E-state index contributed by atoms with van der Waals surface area (Å²) in [5, 5.41) is 12.0. The Hall–Kier alpha value is -1.46. The first kappa shape index (κ1) is 14.9. The summed E-state index contributed by atoms with van der Waals surface area (Å²) >= 11 is 5.06. The number of halogens is 1. The third kappa shape index (κ3) is 3.16. The summed E-state index contributed by atoms with van der Waals surface area (Å²) in [6, 6.07) is 12.1. The Morgan fingerprint density at radius 1 is 1.20 bits per heavy atom. The van der Waals surface area contributed by atoms with Crippen LogP contribution in [0.25, 0.3) is 0 Å². The average molecular weight is 351 g/mol. The smallest absolute Gasteiger partial charge is 0.172 e. The van der Waals surface area contributed by atoms with Gasteiger partial charge in [-0.2, -0.15) is 0 Å². The molecule has 3 N–H and O–H groups in total. The number of benzene rings is 2. The SMILES string of the molecule is Cc1ccc(C)c(Sc2cccc(Br)c2/C(N)=N/O)c1. The molecule has 3 nitrogen and oxygen atoms in total. The van der Waals surface area contributed by atoms with Crippen molar-refractivity contribution in [2.24, 2.45) is 10.9 Å². The van der Waals surface area contributed by atoms with Gasteiger partial charge in [-0.15, -0.1) is 0 Å². The maximum absolute atomic E-state index is 8.93. The summed E-state index contributed by atoms with van der Waals surface area (Å²) in [5.41, 5.74) is 8.89. The maximum atomic E-state index is 8.93. The first-order valence-electron chi connectivity index (χ1n) is 6.04. The van der Waals surface area contributed by atoms with Gasteiger partial charge in [-0.05, 0) is 59.1 Å². The minimum atomic E-state index is 0.102. The Morgan fingerprint density at radius 2 is 1.95 bits per heavy atom. The number of rotatable bonds is 3. The van der Waals surface area contributed by atoms with Gasteiger partial charge in [0.15, 0.2) is 5.84 Å². The molecule has 0 saturated heterocycles. The Labute approximate surface area is 131 Å². The van der Waals surface area contributed by atoms with Crippen molar-refractivity contribution in [1.29, 1.82) is 0 Å². The van der Waals surface area contributed by atoms with Gasteiger partial charge in [-0.25, -0.2) is 0 Å². The summed E-state index contributed by atoms with van der Waals surface area (Å²) in [6.45, 7) is 4.14. The number of aryl methyl sites for hydroxylation is 2. The molecule has 0 aliphatic carbocycles. The lowest BCUT2D eigenvalue weighted by Crippen LogP contribution is -2.15. The van der Waals surface area contributed by atoms with E-state index < -0.39 is 0 Å². The van der Waals surface area contributed by atoms with Crippen molar-refractivity contribution in [3.05, 3.63) is 57.6 Å². The topological polar surface area (TPSA) is 58.6 Å². The highest BCUT2D eigenvalue weighted by Crippen LogP contribution is 2.35. The minimum Gasteiger partial charge on any atom is -0.409 e. The number of amidine groups is 1. The Balaban J connectivity index is 2.49. The van der Waals surface area contributed by atoms with Crippen molar-refractivity contribution in [1.82, 2.24) is 0 Å². The highest BCUT2D eigenvalue weighted by atomic mass is 79.9. The fourth-order valence-corrected chi connectivity index (χ4v) is 3.70. The van der Waals surface area contributed by atoms with Gasteiger partial charge in [0, 0.05) is 19.8 Å². The second-order valence-corrected chi connectivity index (χ2v) is 6.41. The van der Waals surface area contributed by atoms with E-state index in [1.165, 1.54) is 11.1 Å². The number of oxime groups is 1. The van der Waals surface area contributed by atoms with E-state index in [0.29, 0.717) is 5.56 Å². The lowest BCUT2D eigenvalue weighted by Gasteiger charge is -2.12. The Kier molecular flexibility index (Phi) is 4.73. The van der Waals surface area contributed by atoms with Gasteiger partial charge in [0.1, 0.15) is 0 Å². The van der Waals surface area contributed by atoms with Crippen LogP contribution in [0.3, 0.4) is 0 Å². The van der Waals surface area contributed by atoms with Crippen LogP contribution < -0.4 is 5.73 Å². The molecule has 0 spiro atoms. The van der Waals surface area contributed by atoms with Gasteiger partial charge in [0.25, 0.3) is 0 Å². The number of nitrogens with zero attached hydrogens (tertiary/aromatic N) is 1. The van der Waals surface area contributed by atoms with Gasteiger partial charge >= 0.3 is 0 Å². The van der Waals surface area contributed by atoms with Crippen LogP contribution in [0.15, 0.2) is 55.8 Å². The van der Waals surface area contributed by atoms with Gasteiger partial charge in [0.05, 0.1) is 0 Å². The molecule has 2 rings (SSSR count). The molecule has 104 valence electrons. The van der Waals surface area contributed by atoms with Crippen molar-refractivity contribution in [2.45, 2.75) is 23.6 Å². The number of nitrogens with two attached hydrogens (primary N) is 1. The fourth-order valence-electron chi connectivity index (χ4n) is 1.82. The standard InChI is InChI=1S/C15H15BrN2OS/c1-9-6-7-10(2)13(8-9)20-12-5-3-4-11(16)14(12)15(17)18-19/h3-8,19H,1-2H3,(H2,17,18). The zero-order valence-corrected chi connectivity index (χ0v) is 13.6. The third-order valence-electron chi connectivity index (χ3n) is 2.90. The maximum Gasteiger partial charge on any atom is 0.172 e. The van der Waals surface area contributed by atoms with E-state index in [4.69, 9.17) is 10.9 Å². The van der Waals surface area contributed by atoms with E-state index in [-0.39, 0.29) is 5.84 Å². The predicted molar refractivity (Wildman–Crippen MR) is 86.7 cm³/mol. The van der Waals surface area contributed by atoms with E-state index >= 15 is 0 Å². The molecule has 0 radical (unpaired) electrons. The molecule has 5 heteroatoms. The van der Waals surface area contributed by atoms with Gasteiger partial charge in [-0.3, -0.25) is 0 Å². The molecule has 0 amide bonds. The third-order valence-corrected chi connectivity index (χ3v) is 4.78. The lowest BCUT2D eigenvalue weighted by atomic mass is 10.2.